The Bertz CT molecular complexity index is 590. The minimum absolute atomic E-state index is 0.146. The van der Waals surface area contributed by atoms with Gasteiger partial charge in [-0.1, -0.05) is 11.6 Å². The summed E-state index contributed by atoms with van der Waals surface area (Å²) in [6, 6.07) is 10.6. The van der Waals surface area contributed by atoms with Gasteiger partial charge in [0.15, 0.2) is 0 Å². The number of pyridine rings is 1. The molecular formula is C16H18ClN3O2. The lowest BCUT2D eigenvalue weighted by molar-refractivity contribution is 0.207. The Morgan fingerprint density at radius 3 is 2.55 bits per heavy atom. The molecule has 5 nitrogen and oxygen atoms in total. The standard InChI is InChI=1S/C16H18ClN3O2/c1-12(22-15-4-2-14(17)3-5-15)10-19-16(21)20-11-13-6-8-18-9-7-13/h2-9,12H,10-11H2,1H3,(H2,19,20,21). The number of hydrogen-bond donors (Lipinski definition) is 2. The van der Waals surface area contributed by atoms with Gasteiger partial charge in [0.1, 0.15) is 11.9 Å². The molecule has 0 aliphatic rings. The zero-order valence-corrected chi connectivity index (χ0v) is 13.0. The molecule has 0 aliphatic carbocycles. The minimum atomic E-state index is -0.233. The minimum Gasteiger partial charge on any atom is -0.489 e. The third-order valence-electron chi connectivity index (χ3n) is 2.90. The zero-order chi connectivity index (χ0) is 15.8. The van der Waals surface area contributed by atoms with Gasteiger partial charge in [0.05, 0.1) is 6.54 Å². The molecule has 0 bridgehead atoms. The third-order valence-corrected chi connectivity index (χ3v) is 3.16. The van der Waals surface area contributed by atoms with E-state index in [1.54, 1.807) is 36.7 Å². The van der Waals surface area contributed by atoms with Crippen molar-refractivity contribution in [2.24, 2.45) is 0 Å². The summed E-state index contributed by atoms with van der Waals surface area (Å²) in [5.41, 5.74) is 0.996. The van der Waals surface area contributed by atoms with Crippen LogP contribution in [0.25, 0.3) is 0 Å². The smallest absolute Gasteiger partial charge is 0.315 e. The van der Waals surface area contributed by atoms with Crippen LogP contribution in [-0.4, -0.2) is 23.7 Å². The molecule has 0 radical (unpaired) electrons. The second-order valence-electron chi connectivity index (χ2n) is 4.80. The molecular weight excluding hydrogens is 302 g/mol. The second kappa shape index (κ2) is 8.24. The molecule has 0 aliphatic heterocycles. The topological polar surface area (TPSA) is 63.2 Å². The summed E-state index contributed by atoms with van der Waals surface area (Å²) in [5.74, 6) is 0.718. The predicted molar refractivity (Wildman–Crippen MR) is 86.0 cm³/mol. The van der Waals surface area contributed by atoms with Crippen molar-refractivity contribution in [2.75, 3.05) is 6.54 Å². The van der Waals surface area contributed by atoms with Crippen LogP contribution < -0.4 is 15.4 Å². The van der Waals surface area contributed by atoms with Crippen LogP contribution in [0.15, 0.2) is 48.8 Å². The first kappa shape index (κ1) is 16.1. The number of benzene rings is 1. The number of amides is 2. The first-order valence-electron chi connectivity index (χ1n) is 6.96. The molecule has 0 saturated carbocycles. The first-order chi connectivity index (χ1) is 10.6. The van der Waals surface area contributed by atoms with Gasteiger partial charge in [-0.15, -0.1) is 0 Å². The summed E-state index contributed by atoms with van der Waals surface area (Å²) in [6.45, 7) is 2.75. The first-order valence-corrected chi connectivity index (χ1v) is 7.34. The van der Waals surface area contributed by atoms with Crippen molar-refractivity contribution in [3.63, 3.8) is 0 Å². The van der Waals surface area contributed by atoms with E-state index in [1.165, 1.54) is 0 Å². The number of urea groups is 1. The number of halogens is 1. The summed E-state index contributed by atoms with van der Waals surface area (Å²) >= 11 is 5.81. The Morgan fingerprint density at radius 2 is 1.86 bits per heavy atom. The molecule has 22 heavy (non-hydrogen) atoms. The fourth-order valence-corrected chi connectivity index (χ4v) is 1.90. The van der Waals surface area contributed by atoms with Gasteiger partial charge in [0.2, 0.25) is 0 Å². The molecule has 0 saturated heterocycles. The highest BCUT2D eigenvalue weighted by atomic mass is 35.5. The summed E-state index contributed by atoms with van der Waals surface area (Å²) in [6.07, 6.45) is 3.24. The molecule has 2 rings (SSSR count). The van der Waals surface area contributed by atoms with Crippen molar-refractivity contribution < 1.29 is 9.53 Å². The van der Waals surface area contributed by atoms with Crippen LogP contribution in [-0.2, 0) is 6.54 Å². The van der Waals surface area contributed by atoms with Gasteiger partial charge in [-0.25, -0.2) is 4.79 Å². The van der Waals surface area contributed by atoms with Crippen molar-refractivity contribution in [1.82, 2.24) is 15.6 Å². The Morgan fingerprint density at radius 1 is 1.18 bits per heavy atom. The molecule has 1 aromatic carbocycles. The lowest BCUT2D eigenvalue weighted by Gasteiger charge is -2.16. The summed E-state index contributed by atoms with van der Waals surface area (Å²) < 4.78 is 5.67. The van der Waals surface area contributed by atoms with Gasteiger partial charge in [-0.2, -0.15) is 0 Å². The Labute approximate surface area is 134 Å². The van der Waals surface area contributed by atoms with Gasteiger partial charge in [-0.3, -0.25) is 4.98 Å². The van der Waals surface area contributed by atoms with E-state index in [2.05, 4.69) is 15.6 Å². The van der Waals surface area contributed by atoms with E-state index in [0.29, 0.717) is 18.1 Å². The zero-order valence-electron chi connectivity index (χ0n) is 12.3. The predicted octanol–water partition coefficient (Wildman–Crippen LogP) is 3.00. The molecule has 1 unspecified atom stereocenters. The maximum atomic E-state index is 11.7. The fourth-order valence-electron chi connectivity index (χ4n) is 1.77. The van der Waals surface area contributed by atoms with E-state index in [1.807, 2.05) is 19.1 Å². The molecule has 116 valence electrons. The van der Waals surface area contributed by atoms with E-state index in [0.717, 1.165) is 11.3 Å². The summed E-state index contributed by atoms with van der Waals surface area (Å²) in [4.78, 5) is 15.6. The normalized spacial score (nSPS) is 11.5. The maximum Gasteiger partial charge on any atom is 0.315 e. The number of rotatable bonds is 6. The third kappa shape index (κ3) is 5.61. The fraction of sp³-hybridized carbons (Fsp3) is 0.250. The van der Waals surface area contributed by atoms with E-state index in [9.17, 15) is 4.79 Å². The van der Waals surface area contributed by atoms with Crippen LogP contribution >= 0.6 is 11.6 Å². The quantitative estimate of drug-likeness (QED) is 0.860. The van der Waals surface area contributed by atoms with Crippen LogP contribution in [0.5, 0.6) is 5.75 Å². The van der Waals surface area contributed by atoms with Crippen molar-refractivity contribution in [3.8, 4) is 5.75 Å². The maximum absolute atomic E-state index is 11.7. The highest BCUT2D eigenvalue weighted by Gasteiger charge is 2.06. The van der Waals surface area contributed by atoms with Crippen molar-refractivity contribution in [2.45, 2.75) is 19.6 Å². The number of nitrogens with zero attached hydrogens (tertiary/aromatic N) is 1. The summed E-state index contributed by atoms with van der Waals surface area (Å²) in [5, 5.41) is 6.20. The number of hydrogen-bond acceptors (Lipinski definition) is 3. The van der Waals surface area contributed by atoms with E-state index in [4.69, 9.17) is 16.3 Å². The number of carbonyl (C=O) groups is 1. The van der Waals surface area contributed by atoms with Crippen LogP contribution in [0.4, 0.5) is 4.79 Å². The van der Waals surface area contributed by atoms with E-state index < -0.39 is 0 Å². The summed E-state index contributed by atoms with van der Waals surface area (Å²) in [7, 11) is 0. The lowest BCUT2D eigenvalue weighted by atomic mass is 10.3. The highest BCUT2D eigenvalue weighted by molar-refractivity contribution is 6.30. The molecule has 2 amide bonds. The Balaban J connectivity index is 1.68. The lowest BCUT2D eigenvalue weighted by Crippen LogP contribution is -2.40. The molecule has 0 spiro atoms. The van der Waals surface area contributed by atoms with Crippen molar-refractivity contribution in [3.05, 3.63) is 59.4 Å². The molecule has 1 atom stereocenters. The molecule has 0 fully saturated rings. The van der Waals surface area contributed by atoms with Crippen LogP contribution in [0.2, 0.25) is 5.02 Å². The Kier molecular flexibility index (Phi) is 6.03. The highest BCUT2D eigenvalue weighted by Crippen LogP contribution is 2.16. The van der Waals surface area contributed by atoms with E-state index >= 15 is 0 Å². The average molecular weight is 320 g/mol. The van der Waals surface area contributed by atoms with Crippen molar-refractivity contribution in [1.29, 1.82) is 0 Å². The van der Waals surface area contributed by atoms with Gasteiger partial charge in [-0.05, 0) is 48.9 Å². The van der Waals surface area contributed by atoms with Crippen LogP contribution in [0.1, 0.15) is 12.5 Å². The molecule has 6 heteroatoms. The molecule has 2 N–H and O–H groups in total. The molecule has 1 heterocycles. The number of nitrogens with one attached hydrogen (secondary N) is 2. The van der Waals surface area contributed by atoms with Crippen LogP contribution in [0.3, 0.4) is 0 Å². The average Bonchev–Trinajstić information content (AvgIpc) is 2.54. The van der Waals surface area contributed by atoms with E-state index in [-0.39, 0.29) is 12.1 Å². The number of aromatic nitrogens is 1. The molecule has 1 aromatic heterocycles. The van der Waals surface area contributed by atoms with Gasteiger partial charge in [0, 0.05) is 24.0 Å². The van der Waals surface area contributed by atoms with Gasteiger partial charge < -0.3 is 15.4 Å². The van der Waals surface area contributed by atoms with Crippen molar-refractivity contribution >= 4 is 17.6 Å². The number of ether oxygens (including phenoxy) is 1. The largest absolute Gasteiger partial charge is 0.489 e. The molecule has 2 aromatic rings. The SMILES string of the molecule is CC(CNC(=O)NCc1ccncc1)Oc1ccc(Cl)cc1. The number of carbonyl (C=O) groups excluding carboxylic acids is 1. The van der Waals surface area contributed by atoms with Crippen LogP contribution in [0, 0.1) is 0 Å². The van der Waals surface area contributed by atoms with Gasteiger partial charge in [0.25, 0.3) is 0 Å². The Hall–Kier alpha value is -2.27. The van der Waals surface area contributed by atoms with Gasteiger partial charge >= 0.3 is 6.03 Å². The monoisotopic (exact) mass is 319 g/mol. The second-order valence-corrected chi connectivity index (χ2v) is 5.24.